The first-order valence-corrected chi connectivity index (χ1v) is 9.55. The molecule has 1 N–H and O–H groups in total. The smallest absolute Gasteiger partial charge is 0.328 e. The van der Waals surface area contributed by atoms with E-state index in [2.05, 4.69) is 5.32 Å². The van der Waals surface area contributed by atoms with E-state index in [1.54, 1.807) is 11.7 Å². The number of nitrogens with one attached hydrogen (secondary N) is 1. The molecule has 3 rings (SSSR count). The van der Waals surface area contributed by atoms with Gasteiger partial charge in [-0.2, -0.15) is 0 Å². The van der Waals surface area contributed by atoms with Crippen LogP contribution in [0.1, 0.15) is 25.7 Å². The third kappa shape index (κ3) is 4.18. The summed E-state index contributed by atoms with van der Waals surface area (Å²) in [4.78, 5) is 24.5. The Morgan fingerprint density at radius 2 is 1.93 bits per heavy atom. The Bertz CT molecular complexity index is 847. The van der Waals surface area contributed by atoms with E-state index in [0.29, 0.717) is 19.1 Å². The van der Waals surface area contributed by atoms with Crippen LogP contribution in [0.2, 0.25) is 0 Å². The van der Waals surface area contributed by atoms with E-state index in [-0.39, 0.29) is 17.6 Å². The number of ether oxygens (including phenoxy) is 2. The molecule has 0 aliphatic heterocycles. The maximum absolute atomic E-state index is 12.8. The first kappa shape index (κ1) is 19.5. The molecular weight excluding hydrogens is 346 g/mol. The molecule has 7 heteroatoms. The van der Waals surface area contributed by atoms with Crippen LogP contribution in [0.4, 0.5) is 5.69 Å². The van der Waals surface area contributed by atoms with Gasteiger partial charge in [-0.3, -0.25) is 13.9 Å². The Morgan fingerprint density at radius 1 is 1.19 bits per heavy atom. The number of imidazole rings is 1. The lowest BCUT2D eigenvalue weighted by Crippen LogP contribution is -2.29. The zero-order valence-corrected chi connectivity index (χ0v) is 16.4. The quantitative estimate of drug-likeness (QED) is 0.594. The molecule has 2 aromatic rings. The van der Waals surface area contributed by atoms with Crippen molar-refractivity contribution >= 4 is 22.7 Å². The molecule has 0 bridgehead atoms. The lowest BCUT2D eigenvalue weighted by Gasteiger charge is -2.27. The molecule has 0 amide bonds. The highest BCUT2D eigenvalue weighted by Gasteiger charge is 2.27. The molecule has 1 aliphatic rings. The lowest BCUT2D eigenvalue weighted by atomic mass is 9.82. The fourth-order valence-electron chi connectivity index (χ4n) is 4.00. The van der Waals surface area contributed by atoms with Gasteiger partial charge in [-0.1, -0.05) is 0 Å². The summed E-state index contributed by atoms with van der Waals surface area (Å²) in [5.74, 6) is 0.300. The van der Waals surface area contributed by atoms with Crippen molar-refractivity contribution < 1.29 is 14.3 Å². The summed E-state index contributed by atoms with van der Waals surface area (Å²) in [5, 5.41) is 3.32. The van der Waals surface area contributed by atoms with Crippen LogP contribution in [-0.4, -0.2) is 42.5 Å². The number of carbonyl (C=O) groups is 1. The zero-order chi connectivity index (χ0) is 19.4. The number of carbonyl (C=O) groups excluding carboxylic acids is 1. The van der Waals surface area contributed by atoms with Gasteiger partial charge in [0.15, 0.2) is 0 Å². The number of anilines is 1. The second-order valence-corrected chi connectivity index (χ2v) is 7.32. The highest BCUT2D eigenvalue weighted by Crippen LogP contribution is 2.31. The molecule has 1 aliphatic carbocycles. The molecule has 1 aromatic carbocycles. The van der Waals surface area contributed by atoms with Gasteiger partial charge in [0, 0.05) is 32.9 Å². The number of methoxy groups -OCH3 is 2. The van der Waals surface area contributed by atoms with E-state index < -0.39 is 0 Å². The van der Waals surface area contributed by atoms with Crippen molar-refractivity contribution in [2.75, 3.05) is 32.7 Å². The van der Waals surface area contributed by atoms with Gasteiger partial charge in [-0.05, 0) is 49.8 Å². The van der Waals surface area contributed by atoms with Crippen LogP contribution < -0.4 is 11.0 Å². The average molecular weight is 375 g/mol. The van der Waals surface area contributed by atoms with Crippen molar-refractivity contribution in [1.82, 2.24) is 9.13 Å². The summed E-state index contributed by atoms with van der Waals surface area (Å²) in [6, 6.07) is 6.01. The van der Waals surface area contributed by atoms with Crippen LogP contribution in [-0.2, 0) is 27.9 Å². The molecule has 1 aromatic heterocycles. The molecule has 1 heterocycles. The maximum atomic E-state index is 12.8. The molecular formula is C20H29N3O4. The van der Waals surface area contributed by atoms with Crippen LogP contribution in [0.3, 0.4) is 0 Å². The Kier molecular flexibility index (Phi) is 6.21. The fraction of sp³-hybridized carbons (Fsp3) is 0.600. The van der Waals surface area contributed by atoms with Crippen LogP contribution in [0.25, 0.3) is 11.0 Å². The van der Waals surface area contributed by atoms with Crippen molar-refractivity contribution in [3.8, 4) is 0 Å². The molecule has 148 valence electrons. The second kappa shape index (κ2) is 8.61. The first-order valence-electron chi connectivity index (χ1n) is 9.55. The number of nitrogens with zero attached hydrogens (tertiary/aromatic N) is 2. The molecule has 1 saturated carbocycles. The second-order valence-electron chi connectivity index (χ2n) is 7.32. The van der Waals surface area contributed by atoms with Gasteiger partial charge in [0.1, 0.15) is 0 Å². The van der Waals surface area contributed by atoms with Gasteiger partial charge < -0.3 is 14.8 Å². The minimum Gasteiger partial charge on any atom is -0.469 e. The lowest BCUT2D eigenvalue weighted by molar-refractivity contribution is -0.146. The summed E-state index contributed by atoms with van der Waals surface area (Å²) in [7, 11) is 4.93. The van der Waals surface area contributed by atoms with Gasteiger partial charge in [-0.15, -0.1) is 0 Å². The number of hydrogen-bond donors (Lipinski definition) is 1. The van der Waals surface area contributed by atoms with Crippen LogP contribution in [0, 0.1) is 11.8 Å². The molecule has 0 radical (unpaired) electrons. The van der Waals surface area contributed by atoms with Crippen molar-refractivity contribution in [2.24, 2.45) is 18.9 Å². The van der Waals surface area contributed by atoms with Gasteiger partial charge in [0.2, 0.25) is 0 Å². The molecule has 7 nitrogen and oxygen atoms in total. The minimum absolute atomic E-state index is 0.00655. The number of rotatable bonds is 7. The Labute approximate surface area is 159 Å². The SMILES string of the molecule is COCCNc1ccc2c(c1)n(CC1CCC(C(=O)OC)CC1)c(=O)n2C. The topological polar surface area (TPSA) is 74.5 Å². The average Bonchev–Trinajstić information content (AvgIpc) is 2.92. The van der Waals surface area contributed by atoms with Crippen molar-refractivity contribution in [2.45, 2.75) is 32.2 Å². The van der Waals surface area contributed by atoms with Gasteiger partial charge in [0.25, 0.3) is 0 Å². The summed E-state index contributed by atoms with van der Waals surface area (Å²) in [6.45, 7) is 2.03. The van der Waals surface area contributed by atoms with Gasteiger partial charge >= 0.3 is 11.7 Å². The molecule has 27 heavy (non-hydrogen) atoms. The Balaban J connectivity index is 1.77. The Hall–Kier alpha value is -2.28. The molecule has 0 atom stereocenters. The number of benzene rings is 1. The monoisotopic (exact) mass is 375 g/mol. The van der Waals surface area contributed by atoms with Crippen LogP contribution in [0.5, 0.6) is 0 Å². The van der Waals surface area contributed by atoms with E-state index in [9.17, 15) is 9.59 Å². The predicted octanol–water partition coefficient (Wildman–Crippen LogP) is 2.38. The maximum Gasteiger partial charge on any atom is 0.328 e. The first-order chi connectivity index (χ1) is 13.0. The van der Waals surface area contributed by atoms with E-state index >= 15 is 0 Å². The van der Waals surface area contributed by atoms with E-state index in [1.807, 2.05) is 29.8 Å². The summed E-state index contributed by atoms with van der Waals surface area (Å²) >= 11 is 0. The highest BCUT2D eigenvalue weighted by atomic mass is 16.5. The zero-order valence-electron chi connectivity index (χ0n) is 16.4. The third-order valence-electron chi connectivity index (χ3n) is 5.60. The summed E-state index contributed by atoms with van der Waals surface area (Å²) in [6.07, 6.45) is 3.55. The van der Waals surface area contributed by atoms with Crippen molar-refractivity contribution in [3.63, 3.8) is 0 Å². The highest BCUT2D eigenvalue weighted by molar-refractivity contribution is 5.80. The predicted molar refractivity (Wildman–Crippen MR) is 105 cm³/mol. The molecule has 1 fully saturated rings. The van der Waals surface area contributed by atoms with E-state index in [1.165, 1.54) is 7.11 Å². The number of fused-ring (bicyclic) bond motifs is 1. The minimum atomic E-state index is -0.109. The van der Waals surface area contributed by atoms with Crippen molar-refractivity contribution in [3.05, 3.63) is 28.7 Å². The van der Waals surface area contributed by atoms with Gasteiger partial charge in [0.05, 0.1) is 30.7 Å². The third-order valence-corrected chi connectivity index (χ3v) is 5.60. The Morgan fingerprint density at radius 3 is 2.59 bits per heavy atom. The normalized spacial score (nSPS) is 20.0. The number of esters is 1. The molecule has 0 unspecified atom stereocenters. The molecule has 0 spiro atoms. The van der Waals surface area contributed by atoms with E-state index in [4.69, 9.17) is 9.47 Å². The summed E-state index contributed by atoms with van der Waals surface area (Å²) < 4.78 is 13.5. The van der Waals surface area contributed by atoms with Crippen LogP contribution >= 0.6 is 0 Å². The van der Waals surface area contributed by atoms with Crippen molar-refractivity contribution in [1.29, 1.82) is 0 Å². The molecule has 0 saturated heterocycles. The fourth-order valence-corrected chi connectivity index (χ4v) is 4.00. The number of hydrogen-bond acceptors (Lipinski definition) is 5. The standard InChI is InChI=1S/C20H29N3O4/c1-22-17-9-8-16(21-10-11-26-2)12-18(17)23(20(22)25)13-14-4-6-15(7-5-14)19(24)27-3/h8-9,12,14-15,21H,4-7,10-11,13H2,1-3H3. The number of aromatic nitrogens is 2. The van der Waals surface area contributed by atoms with E-state index in [0.717, 1.165) is 48.9 Å². The largest absolute Gasteiger partial charge is 0.469 e. The van der Waals surface area contributed by atoms with Crippen LogP contribution in [0.15, 0.2) is 23.0 Å². The van der Waals surface area contributed by atoms with Gasteiger partial charge in [-0.25, -0.2) is 4.79 Å². The summed E-state index contributed by atoms with van der Waals surface area (Å²) in [5.41, 5.74) is 2.86. The number of aryl methyl sites for hydroxylation is 1.